The van der Waals surface area contributed by atoms with E-state index in [0.717, 1.165) is 0 Å². The highest BCUT2D eigenvalue weighted by atomic mass is 32.2. The smallest absolute Gasteiger partial charge is 0.262 e. The van der Waals surface area contributed by atoms with Gasteiger partial charge in [0, 0.05) is 0 Å². The molecule has 2 aromatic carbocycles. The molecule has 154 valence electrons. The first-order chi connectivity index (χ1) is 15.0. The first kappa shape index (κ1) is 19.9. The van der Waals surface area contributed by atoms with Gasteiger partial charge < -0.3 is 0 Å². The molecule has 3 aromatic rings. The number of carbonyl (C=O) groups excluding carboxylic acids is 4. The number of fused-ring (bicyclic) bond motifs is 2. The molecule has 0 saturated heterocycles. The van der Waals surface area contributed by atoms with E-state index in [2.05, 4.69) is 10.2 Å². The normalized spacial score (nSPS) is 15.1. The van der Waals surface area contributed by atoms with Crippen LogP contribution in [0.4, 0.5) is 0 Å². The number of benzene rings is 2. The zero-order valence-electron chi connectivity index (χ0n) is 15.7. The second-order valence-electron chi connectivity index (χ2n) is 6.55. The van der Waals surface area contributed by atoms with E-state index < -0.39 is 0 Å². The minimum Gasteiger partial charge on any atom is -0.269 e. The Balaban J connectivity index is 1.19. The van der Waals surface area contributed by atoms with E-state index in [1.54, 1.807) is 48.5 Å². The summed E-state index contributed by atoms with van der Waals surface area (Å²) < 4.78 is 1.17. The number of thioether (sulfide) groups is 2. The summed E-state index contributed by atoms with van der Waals surface area (Å²) in [5, 5.41) is 8.14. The Morgan fingerprint density at radius 3 is 1.26 bits per heavy atom. The van der Waals surface area contributed by atoms with Crippen LogP contribution in [0, 0.1) is 0 Å². The van der Waals surface area contributed by atoms with Gasteiger partial charge in [0.15, 0.2) is 8.68 Å². The molecule has 0 radical (unpaired) electrons. The van der Waals surface area contributed by atoms with E-state index in [9.17, 15) is 19.2 Å². The van der Waals surface area contributed by atoms with Crippen LogP contribution >= 0.6 is 34.9 Å². The number of carbonyl (C=O) groups is 4. The third kappa shape index (κ3) is 3.44. The molecule has 31 heavy (non-hydrogen) atoms. The fourth-order valence-corrected chi connectivity index (χ4v) is 6.14. The summed E-state index contributed by atoms with van der Waals surface area (Å²) in [5.41, 5.74) is 1.62. The Hall–Kier alpha value is -3.02. The van der Waals surface area contributed by atoms with E-state index >= 15 is 0 Å². The topological polar surface area (TPSA) is 101 Å². The van der Waals surface area contributed by atoms with Crippen molar-refractivity contribution in [2.24, 2.45) is 0 Å². The number of hydrogen-bond acceptors (Lipinski definition) is 9. The Morgan fingerprint density at radius 2 is 0.935 bits per heavy atom. The van der Waals surface area contributed by atoms with Crippen molar-refractivity contribution >= 4 is 58.5 Å². The highest BCUT2D eigenvalue weighted by molar-refractivity contribution is 8.03. The van der Waals surface area contributed by atoms with Crippen molar-refractivity contribution in [2.45, 2.75) is 8.68 Å². The van der Waals surface area contributed by atoms with Gasteiger partial charge in [-0.3, -0.25) is 29.0 Å². The summed E-state index contributed by atoms with van der Waals surface area (Å²) in [5.74, 6) is -1.03. The largest absolute Gasteiger partial charge is 0.269 e. The second kappa shape index (κ2) is 7.91. The Labute approximate surface area is 188 Å². The number of nitrogens with zero attached hydrogens (tertiary/aromatic N) is 4. The molecule has 5 rings (SSSR count). The van der Waals surface area contributed by atoms with Crippen LogP contribution in [0.3, 0.4) is 0 Å². The molecule has 3 heterocycles. The van der Waals surface area contributed by atoms with Gasteiger partial charge in [-0.2, -0.15) is 0 Å². The minimum absolute atomic E-state index is 0.129. The molecule has 2 aliphatic rings. The van der Waals surface area contributed by atoms with Crippen molar-refractivity contribution < 1.29 is 19.2 Å². The van der Waals surface area contributed by atoms with Crippen LogP contribution in [0.5, 0.6) is 0 Å². The van der Waals surface area contributed by atoms with E-state index in [1.807, 2.05) is 0 Å². The van der Waals surface area contributed by atoms with Crippen LogP contribution in [0.2, 0.25) is 0 Å². The van der Waals surface area contributed by atoms with Gasteiger partial charge in [-0.1, -0.05) is 59.1 Å². The van der Waals surface area contributed by atoms with Crippen LogP contribution in [0.1, 0.15) is 41.4 Å². The van der Waals surface area contributed by atoms with Crippen LogP contribution in [-0.2, 0) is 0 Å². The molecular weight excluding hydrogens is 456 g/mol. The minimum atomic E-state index is -0.321. The molecule has 0 spiro atoms. The first-order valence-corrected chi connectivity index (χ1v) is 11.8. The predicted octanol–water partition coefficient (Wildman–Crippen LogP) is 3.23. The zero-order chi connectivity index (χ0) is 21.5. The predicted molar refractivity (Wildman–Crippen MR) is 115 cm³/mol. The van der Waals surface area contributed by atoms with Crippen LogP contribution in [0.25, 0.3) is 0 Å². The lowest BCUT2D eigenvalue weighted by Gasteiger charge is -2.11. The third-order valence-electron chi connectivity index (χ3n) is 4.78. The van der Waals surface area contributed by atoms with Gasteiger partial charge >= 0.3 is 0 Å². The fourth-order valence-electron chi connectivity index (χ4n) is 3.27. The molecule has 0 saturated carbocycles. The molecule has 0 fully saturated rings. The summed E-state index contributed by atoms with van der Waals surface area (Å²) >= 11 is 3.75. The van der Waals surface area contributed by atoms with Crippen molar-refractivity contribution in [3.05, 3.63) is 70.8 Å². The SMILES string of the molecule is O=C1c2ccccc2C(=O)N1CSc1nnc(SCN2C(=O)c3ccccc3C2=O)s1. The van der Waals surface area contributed by atoms with E-state index in [4.69, 9.17) is 0 Å². The number of rotatable bonds is 6. The molecule has 1 aromatic heterocycles. The lowest BCUT2D eigenvalue weighted by Crippen LogP contribution is -2.29. The molecule has 0 atom stereocenters. The molecule has 0 bridgehead atoms. The van der Waals surface area contributed by atoms with Gasteiger partial charge in [-0.05, 0) is 24.3 Å². The summed E-state index contributed by atoms with van der Waals surface area (Å²) in [6.45, 7) is 0. The van der Waals surface area contributed by atoms with E-state index in [-0.39, 0.29) is 35.4 Å². The number of imide groups is 2. The maximum atomic E-state index is 12.4. The molecule has 0 aliphatic carbocycles. The molecule has 2 aliphatic heterocycles. The summed E-state index contributed by atoms with van der Waals surface area (Å²) in [4.78, 5) is 52.1. The van der Waals surface area contributed by atoms with Crippen LogP contribution in [-0.4, -0.2) is 55.4 Å². The van der Waals surface area contributed by atoms with Gasteiger partial charge in [0.1, 0.15) is 0 Å². The third-order valence-corrected chi connectivity index (χ3v) is 7.93. The molecule has 8 nitrogen and oxygen atoms in total. The monoisotopic (exact) mass is 468 g/mol. The fraction of sp³-hybridized carbons (Fsp3) is 0.100. The van der Waals surface area contributed by atoms with Gasteiger partial charge in [0.25, 0.3) is 23.6 Å². The molecular formula is C20H12N4O4S3. The summed E-state index contributed by atoms with van der Waals surface area (Å²) in [6.07, 6.45) is 0. The highest BCUT2D eigenvalue weighted by Gasteiger charge is 2.36. The lowest BCUT2D eigenvalue weighted by molar-refractivity contribution is 0.0668. The Morgan fingerprint density at radius 1 is 0.613 bits per heavy atom. The highest BCUT2D eigenvalue weighted by Crippen LogP contribution is 2.33. The van der Waals surface area contributed by atoms with Crippen LogP contribution < -0.4 is 0 Å². The summed E-state index contributed by atoms with van der Waals surface area (Å²) in [6, 6.07) is 13.5. The number of amides is 4. The Bertz CT molecular complexity index is 1090. The van der Waals surface area contributed by atoms with Crippen molar-refractivity contribution in [1.82, 2.24) is 20.0 Å². The molecule has 11 heteroatoms. The number of hydrogen-bond donors (Lipinski definition) is 0. The molecule has 0 unspecified atom stereocenters. The summed E-state index contributed by atoms with van der Waals surface area (Å²) in [7, 11) is 0. The van der Waals surface area contributed by atoms with Gasteiger partial charge in [0.05, 0.1) is 34.0 Å². The lowest BCUT2D eigenvalue weighted by atomic mass is 10.1. The van der Waals surface area contributed by atoms with Crippen molar-refractivity contribution in [3.8, 4) is 0 Å². The zero-order valence-corrected chi connectivity index (χ0v) is 18.1. The maximum absolute atomic E-state index is 12.4. The van der Waals surface area contributed by atoms with E-state index in [1.165, 1.54) is 44.7 Å². The Kier molecular flexibility index (Phi) is 5.08. The molecule has 0 N–H and O–H groups in total. The van der Waals surface area contributed by atoms with E-state index in [0.29, 0.717) is 30.9 Å². The van der Waals surface area contributed by atoms with Gasteiger partial charge in [0.2, 0.25) is 0 Å². The standard InChI is InChI=1S/C20H12N4O4S3/c25-15-11-5-1-2-6-12(11)16(26)23(15)9-29-19-21-22-20(31-19)30-10-24-17(27)13-7-3-4-8-14(13)18(24)28/h1-8H,9-10H2. The van der Waals surface area contributed by atoms with Crippen molar-refractivity contribution in [2.75, 3.05) is 11.8 Å². The maximum Gasteiger partial charge on any atom is 0.262 e. The average molecular weight is 469 g/mol. The second-order valence-corrected chi connectivity index (χ2v) is 9.91. The van der Waals surface area contributed by atoms with Gasteiger partial charge in [-0.15, -0.1) is 10.2 Å². The number of aromatic nitrogens is 2. The van der Waals surface area contributed by atoms with Gasteiger partial charge in [-0.25, -0.2) is 0 Å². The molecule has 4 amide bonds. The van der Waals surface area contributed by atoms with Crippen LogP contribution in [0.15, 0.2) is 57.2 Å². The quantitative estimate of drug-likeness (QED) is 0.402. The van der Waals surface area contributed by atoms with Crippen molar-refractivity contribution in [1.29, 1.82) is 0 Å². The van der Waals surface area contributed by atoms with Crippen molar-refractivity contribution in [3.63, 3.8) is 0 Å². The average Bonchev–Trinajstić information content (AvgIpc) is 3.42. The first-order valence-electron chi connectivity index (χ1n) is 9.04.